The molecule has 2 heterocycles. The van der Waals surface area contributed by atoms with Crippen LogP contribution >= 0.6 is 11.3 Å². The van der Waals surface area contributed by atoms with E-state index in [9.17, 15) is 4.79 Å². The van der Waals surface area contributed by atoms with Crippen LogP contribution in [0.1, 0.15) is 12.0 Å². The molecular formula is C18H23N3O3S. The molecule has 0 spiro atoms. The van der Waals surface area contributed by atoms with Crippen LogP contribution in [0.4, 0.5) is 10.5 Å². The molecule has 1 unspecified atom stereocenters. The van der Waals surface area contributed by atoms with Gasteiger partial charge >= 0.3 is 6.03 Å². The lowest BCUT2D eigenvalue weighted by Gasteiger charge is -2.17. The number of amides is 2. The smallest absolute Gasteiger partial charge is 0.319 e. The van der Waals surface area contributed by atoms with Gasteiger partial charge in [0.25, 0.3) is 0 Å². The maximum atomic E-state index is 12.3. The Morgan fingerprint density at radius 1 is 1.32 bits per heavy atom. The summed E-state index contributed by atoms with van der Waals surface area (Å²) in [5.74, 6) is 1.25. The van der Waals surface area contributed by atoms with E-state index < -0.39 is 0 Å². The van der Waals surface area contributed by atoms with Gasteiger partial charge in [-0.1, -0.05) is 0 Å². The minimum absolute atomic E-state index is 0.155. The molecule has 2 aromatic rings. The fraction of sp³-hybridized carbons (Fsp3) is 0.389. The van der Waals surface area contributed by atoms with Crippen molar-refractivity contribution in [1.82, 2.24) is 10.2 Å². The summed E-state index contributed by atoms with van der Waals surface area (Å²) in [4.78, 5) is 14.7. The number of hydrogen-bond donors (Lipinski definition) is 2. The normalized spacial score (nSPS) is 17.3. The SMILES string of the molecule is COc1ccc(NC(=O)NC2CCN(Cc3ccsc3)C2)c(OC)c1. The van der Waals surface area contributed by atoms with Crippen molar-refractivity contribution in [3.63, 3.8) is 0 Å². The Morgan fingerprint density at radius 3 is 2.92 bits per heavy atom. The molecule has 1 aromatic heterocycles. The number of nitrogens with zero attached hydrogens (tertiary/aromatic N) is 1. The van der Waals surface area contributed by atoms with Gasteiger partial charge in [-0.25, -0.2) is 4.79 Å². The number of carbonyl (C=O) groups is 1. The number of hydrogen-bond acceptors (Lipinski definition) is 5. The number of benzene rings is 1. The number of likely N-dealkylation sites (tertiary alicyclic amines) is 1. The van der Waals surface area contributed by atoms with Crippen LogP contribution in [0, 0.1) is 0 Å². The minimum atomic E-state index is -0.217. The summed E-state index contributed by atoms with van der Waals surface area (Å²) in [5.41, 5.74) is 1.95. The van der Waals surface area contributed by atoms with Crippen LogP contribution in [0.5, 0.6) is 11.5 Å². The van der Waals surface area contributed by atoms with Gasteiger partial charge < -0.3 is 20.1 Å². The molecular weight excluding hydrogens is 338 g/mol. The first-order valence-electron chi connectivity index (χ1n) is 8.21. The topological polar surface area (TPSA) is 62.8 Å². The Bertz CT molecular complexity index is 706. The van der Waals surface area contributed by atoms with Crippen LogP contribution in [0.2, 0.25) is 0 Å². The van der Waals surface area contributed by atoms with Crippen LogP contribution in [-0.4, -0.2) is 44.3 Å². The monoisotopic (exact) mass is 361 g/mol. The summed E-state index contributed by atoms with van der Waals surface area (Å²) in [6.07, 6.45) is 0.956. The predicted octanol–water partition coefficient (Wildman–Crippen LogP) is 3.16. The van der Waals surface area contributed by atoms with E-state index in [4.69, 9.17) is 9.47 Å². The third-order valence-electron chi connectivity index (χ3n) is 4.25. The molecule has 0 bridgehead atoms. The Labute approximate surface area is 151 Å². The molecule has 2 amide bonds. The van der Waals surface area contributed by atoms with Crippen LogP contribution in [0.15, 0.2) is 35.0 Å². The Kier molecular flexibility index (Phi) is 5.78. The predicted molar refractivity (Wildman–Crippen MR) is 99.7 cm³/mol. The van der Waals surface area contributed by atoms with E-state index in [-0.39, 0.29) is 12.1 Å². The molecule has 3 rings (SSSR count). The minimum Gasteiger partial charge on any atom is -0.497 e. The molecule has 1 atom stereocenters. The molecule has 1 aliphatic heterocycles. The number of thiophene rings is 1. The quantitative estimate of drug-likeness (QED) is 0.830. The highest BCUT2D eigenvalue weighted by molar-refractivity contribution is 7.07. The number of carbonyl (C=O) groups excluding carboxylic acids is 1. The van der Waals surface area contributed by atoms with Crippen LogP contribution in [0.3, 0.4) is 0 Å². The van der Waals surface area contributed by atoms with E-state index in [1.807, 2.05) is 0 Å². The molecule has 0 saturated carbocycles. The highest BCUT2D eigenvalue weighted by Gasteiger charge is 2.24. The summed E-state index contributed by atoms with van der Waals surface area (Å²) in [6.45, 7) is 2.80. The number of ether oxygens (including phenoxy) is 2. The van der Waals surface area contributed by atoms with Gasteiger partial charge in [0.05, 0.1) is 19.9 Å². The first-order chi connectivity index (χ1) is 12.2. The Hall–Kier alpha value is -2.25. The second-order valence-corrected chi connectivity index (χ2v) is 6.80. The van der Waals surface area contributed by atoms with Gasteiger partial charge in [-0.3, -0.25) is 4.90 Å². The Balaban J connectivity index is 1.51. The van der Waals surface area contributed by atoms with Gasteiger partial charge in [0.1, 0.15) is 11.5 Å². The lowest BCUT2D eigenvalue weighted by molar-refractivity contribution is 0.247. The molecule has 6 nitrogen and oxygen atoms in total. The van der Waals surface area contributed by atoms with Crippen LogP contribution in [-0.2, 0) is 6.54 Å². The molecule has 1 fully saturated rings. The molecule has 1 saturated heterocycles. The standard InChI is InChI=1S/C18H23N3O3S/c1-23-15-3-4-16(17(9-15)24-2)20-18(22)19-14-5-7-21(11-14)10-13-6-8-25-12-13/h3-4,6,8-9,12,14H,5,7,10-11H2,1-2H3,(H2,19,20,22). The lowest BCUT2D eigenvalue weighted by atomic mass is 10.2. The maximum absolute atomic E-state index is 12.3. The number of nitrogens with one attached hydrogen (secondary N) is 2. The van der Waals surface area contributed by atoms with Crippen molar-refractivity contribution < 1.29 is 14.3 Å². The van der Waals surface area contributed by atoms with E-state index in [2.05, 4.69) is 32.4 Å². The van der Waals surface area contributed by atoms with E-state index in [0.717, 1.165) is 26.1 Å². The van der Waals surface area contributed by atoms with Gasteiger partial charge in [-0.15, -0.1) is 0 Å². The molecule has 7 heteroatoms. The molecule has 0 radical (unpaired) electrons. The largest absolute Gasteiger partial charge is 0.497 e. The van der Waals surface area contributed by atoms with Crippen molar-refractivity contribution in [3.05, 3.63) is 40.6 Å². The van der Waals surface area contributed by atoms with E-state index >= 15 is 0 Å². The highest BCUT2D eigenvalue weighted by Crippen LogP contribution is 2.29. The summed E-state index contributed by atoms with van der Waals surface area (Å²) in [6, 6.07) is 7.39. The number of methoxy groups -OCH3 is 2. The third kappa shape index (κ3) is 4.64. The average Bonchev–Trinajstić information content (AvgIpc) is 3.27. The zero-order valence-corrected chi connectivity index (χ0v) is 15.3. The first kappa shape index (κ1) is 17.6. The number of urea groups is 1. The fourth-order valence-corrected chi connectivity index (χ4v) is 3.64. The molecule has 25 heavy (non-hydrogen) atoms. The molecule has 2 N–H and O–H groups in total. The van der Waals surface area contributed by atoms with E-state index in [1.165, 1.54) is 5.56 Å². The third-order valence-corrected chi connectivity index (χ3v) is 4.98. The first-order valence-corrected chi connectivity index (χ1v) is 9.15. The number of anilines is 1. The van der Waals surface area contributed by atoms with Crippen molar-refractivity contribution in [2.75, 3.05) is 32.6 Å². The molecule has 0 aliphatic carbocycles. The summed E-state index contributed by atoms with van der Waals surface area (Å²) in [5, 5.41) is 10.2. The second-order valence-electron chi connectivity index (χ2n) is 6.02. The number of rotatable bonds is 6. The van der Waals surface area contributed by atoms with Crippen molar-refractivity contribution in [2.24, 2.45) is 0 Å². The molecule has 1 aromatic carbocycles. The van der Waals surface area contributed by atoms with Gasteiger partial charge in [0.15, 0.2) is 0 Å². The van der Waals surface area contributed by atoms with Crippen LogP contribution < -0.4 is 20.1 Å². The zero-order valence-electron chi connectivity index (χ0n) is 14.5. The van der Waals surface area contributed by atoms with E-state index in [1.54, 1.807) is 43.8 Å². The lowest BCUT2D eigenvalue weighted by Crippen LogP contribution is -2.39. The van der Waals surface area contributed by atoms with Crippen molar-refractivity contribution in [3.8, 4) is 11.5 Å². The van der Waals surface area contributed by atoms with Crippen molar-refractivity contribution in [1.29, 1.82) is 0 Å². The summed E-state index contributed by atoms with van der Waals surface area (Å²) < 4.78 is 10.5. The molecule has 134 valence electrons. The van der Waals surface area contributed by atoms with Gasteiger partial charge in [0, 0.05) is 31.7 Å². The Morgan fingerprint density at radius 2 is 2.20 bits per heavy atom. The van der Waals surface area contributed by atoms with Crippen molar-refractivity contribution >= 4 is 23.1 Å². The average molecular weight is 361 g/mol. The van der Waals surface area contributed by atoms with Gasteiger partial charge in [-0.05, 0) is 40.9 Å². The van der Waals surface area contributed by atoms with Crippen LogP contribution in [0.25, 0.3) is 0 Å². The van der Waals surface area contributed by atoms with Gasteiger partial charge in [0.2, 0.25) is 0 Å². The summed E-state index contributed by atoms with van der Waals surface area (Å²) >= 11 is 1.71. The fourth-order valence-electron chi connectivity index (χ4n) is 2.98. The highest BCUT2D eigenvalue weighted by atomic mass is 32.1. The van der Waals surface area contributed by atoms with Crippen molar-refractivity contribution in [2.45, 2.75) is 19.0 Å². The summed E-state index contributed by atoms with van der Waals surface area (Å²) in [7, 11) is 3.16. The zero-order chi connectivity index (χ0) is 17.6. The molecule has 1 aliphatic rings. The van der Waals surface area contributed by atoms with Gasteiger partial charge in [-0.2, -0.15) is 11.3 Å². The maximum Gasteiger partial charge on any atom is 0.319 e. The van der Waals surface area contributed by atoms with E-state index in [0.29, 0.717) is 17.2 Å². The second kappa shape index (κ2) is 8.22.